The Hall–Kier alpha value is -2.62. The van der Waals surface area contributed by atoms with E-state index in [1.165, 1.54) is 0 Å². The second-order valence-electron chi connectivity index (χ2n) is 5.03. The molecule has 106 valence electrons. The van der Waals surface area contributed by atoms with Crippen molar-refractivity contribution in [1.29, 1.82) is 5.41 Å². The van der Waals surface area contributed by atoms with Crippen LogP contribution in [0.2, 0.25) is 0 Å². The summed E-state index contributed by atoms with van der Waals surface area (Å²) in [5, 5.41) is 7.72. The average Bonchev–Trinajstić information content (AvgIpc) is 2.86. The summed E-state index contributed by atoms with van der Waals surface area (Å²) in [4.78, 5) is 4.68. The fraction of sp³-hybridized carbons (Fsp3) is 0.176. The Kier molecular flexibility index (Phi) is 3.44. The maximum Gasteiger partial charge on any atom is 0.123 e. The predicted octanol–water partition coefficient (Wildman–Crippen LogP) is 2.93. The van der Waals surface area contributed by atoms with Gasteiger partial charge >= 0.3 is 0 Å². The molecular weight excluding hydrogens is 260 g/mol. The predicted molar refractivity (Wildman–Crippen MR) is 85.7 cm³/mol. The molecule has 1 heterocycles. The number of aromatic nitrogens is 2. The van der Waals surface area contributed by atoms with Crippen molar-refractivity contribution in [2.24, 2.45) is 5.73 Å². The highest BCUT2D eigenvalue weighted by Gasteiger charge is 2.11. The zero-order valence-corrected chi connectivity index (χ0v) is 12.0. The van der Waals surface area contributed by atoms with Crippen LogP contribution in [0.4, 0.5) is 0 Å². The smallest absolute Gasteiger partial charge is 0.123 e. The van der Waals surface area contributed by atoms with E-state index in [1.807, 2.05) is 42.5 Å². The van der Waals surface area contributed by atoms with Gasteiger partial charge in [-0.15, -0.1) is 0 Å². The van der Waals surface area contributed by atoms with E-state index in [1.54, 1.807) is 0 Å². The molecule has 0 atom stereocenters. The number of nitrogens with two attached hydrogens (primary N) is 1. The molecule has 3 N–H and O–H groups in total. The summed E-state index contributed by atoms with van der Waals surface area (Å²) in [5.74, 6) is 1.16. The van der Waals surface area contributed by atoms with Crippen molar-refractivity contribution in [3.05, 3.63) is 65.5 Å². The number of hydrogen-bond donors (Lipinski definition) is 2. The molecule has 0 amide bonds. The highest BCUT2D eigenvalue weighted by molar-refractivity contribution is 5.96. The van der Waals surface area contributed by atoms with Crippen LogP contribution in [-0.4, -0.2) is 15.4 Å². The second kappa shape index (κ2) is 5.40. The van der Waals surface area contributed by atoms with Gasteiger partial charge in [-0.3, -0.25) is 5.41 Å². The minimum Gasteiger partial charge on any atom is -0.384 e. The summed E-state index contributed by atoms with van der Waals surface area (Å²) in [5.41, 5.74) is 9.65. The van der Waals surface area contributed by atoms with Crippen molar-refractivity contribution < 1.29 is 0 Å². The molecule has 0 aliphatic carbocycles. The van der Waals surface area contributed by atoms with Gasteiger partial charge in [0.1, 0.15) is 11.7 Å². The summed E-state index contributed by atoms with van der Waals surface area (Å²) < 4.78 is 2.21. The number of imidazole rings is 1. The molecule has 2 aromatic carbocycles. The van der Waals surface area contributed by atoms with Crippen molar-refractivity contribution >= 4 is 16.9 Å². The van der Waals surface area contributed by atoms with E-state index in [-0.39, 0.29) is 5.84 Å². The third-order valence-electron chi connectivity index (χ3n) is 3.69. The third kappa shape index (κ3) is 2.40. The Labute approximate surface area is 123 Å². The fourth-order valence-corrected chi connectivity index (χ4v) is 2.66. The summed E-state index contributed by atoms with van der Waals surface area (Å²) in [7, 11) is 0. The zero-order valence-electron chi connectivity index (χ0n) is 12.0. The van der Waals surface area contributed by atoms with Gasteiger partial charge in [-0.2, -0.15) is 0 Å². The molecule has 1 aromatic heterocycles. The SMILES string of the molecule is CCc1nc2ccccc2n1Cc1ccccc1C(=N)N. The first-order valence-corrected chi connectivity index (χ1v) is 7.07. The second-order valence-corrected chi connectivity index (χ2v) is 5.03. The fourth-order valence-electron chi connectivity index (χ4n) is 2.66. The standard InChI is InChI=1S/C17H18N4/c1-2-16-20-14-9-5-6-10-15(14)21(16)11-12-7-3-4-8-13(12)17(18)19/h3-10H,2,11H2,1H3,(H3,18,19). The van der Waals surface area contributed by atoms with E-state index in [9.17, 15) is 0 Å². The number of para-hydroxylation sites is 2. The van der Waals surface area contributed by atoms with E-state index in [2.05, 4.69) is 22.5 Å². The number of benzene rings is 2. The summed E-state index contributed by atoms with van der Waals surface area (Å²) in [6.45, 7) is 2.79. The van der Waals surface area contributed by atoms with Gasteiger partial charge < -0.3 is 10.3 Å². The Balaban J connectivity index is 2.12. The molecule has 0 aliphatic rings. The lowest BCUT2D eigenvalue weighted by Gasteiger charge is -2.12. The molecule has 4 heteroatoms. The van der Waals surface area contributed by atoms with Gasteiger partial charge in [0, 0.05) is 12.0 Å². The van der Waals surface area contributed by atoms with Crippen molar-refractivity contribution in [3.63, 3.8) is 0 Å². The first-order chi connectivity index (χ1) is 10.2. The topological polar surface area (TPSA) is 67.7 Å². The number of amidine groups is 1. The quantitative estimate of drug-likeness (QED) is 0.569. The minimum absolute atomic E-state index is 0.105. The summed E-state index contributed by atoms with van der Waals surface area (Å²) in [6.07, 6.45) is 0.872. The average molecular weight is 278 g/mol. The van der Waals surface area contributed by atoms with E-state index < -0.39 is 0 Å². The largest absolute Gasteiger partial charge is 0.384 e. The van der Waals surface area contributed by atoms with Crippen LogP contribution in [0.1, 0.15) is 23.9 Å². The van der Waals surface area contributed by atoms with Crippen LogP contribution in [0.5, 0.6) is 0 Å². The maximum absolute atomic E-state index is 7.72. The van der Waals surface area contributed by atoms with Crippen LogP contribution < -0.4 is 5.73 Å². The molecule has 0 spiro atoms. The number of nitrogens with zero attached hydrogens (tertiary/aromatic N) is 2. The lowest BCUT2D eigenvalue weighted by molar-refractivity contribution is 0.752. The van der Waals surface area contributed by atoms with Crippen molar-refractivity contribution in [1.82, 2.24) is 9.55 Å². The summed E-state index contributed by atoms with van der Waals surface area (Å²) in [6, 6.07) is 15.9. The van der Waals surface area contributed by atoms with Crippen LogP contribution in [0.15, 0.2) is 48.5 Å². The lowest BCUT2D eigenvalue weighted by atomic mass is 10.1. The van der Waals surface area contributed by atoms with Crippen LogP contribution in [0, 0.1) is 5.41 Å². The van der Waals surface area contributed by atoms with E-state index >= 15 is 0 Å². The Morgan fingerprint density at radius 3 is 2.62 bits per heavy atom. The van der Waals surface area contributed by atoms with E-state index in [4.69, 9.17) is 11.1 Å². The van der Waals surface area contributed by atoms with Crippen LogP contribution in [0.25, 0.3) is 11.0 Å². The van der Waals surface area contributed by atoms with Crippen LogP contribution in [0.3, 0.4) is 0 Å². The maximum atomic E-state index is 7.72. The van der Waals surface area contributed by atoms with Gasteiger partial charge in [0.25, 0.3) is 0 Å². The number of nitrogen functional groups attached to an aromatic ring is 1. The molecule has 0 saturated heterocycles. The highest BCUT2D eigenvalue weighted by atomic mass is 15.1. The molecule has 3 rings (SSSR count). The number of nitrogens with one attached hydrogen (secondary N) is 1. The van der Waals surface area contributed by atoms with Crippen LogP contribution >= 0.6 is 0 Å². The molecule has 0 saturated carbocycles. The molecule has 0 unspecified atom stereocenters. The Morgan fingerprint density at radius 2 is 1.86 bits per heavy atom. The van der Waals surface area contributed by atoms with Gasteiger partial charge in [-0.1, -0.05) is 43.3 Å². The zero-order chi connectivity index (χ0) is 14.8. The van der Waals surface area contributed by atoms with Gasteiger partial charge in [0.15, 0.2) is 0 Å². The van der Waals surface area contributed by atoms with Gasteiger partial charge in [0.05, 0.1) is 17.6 Å². The lowest BCUT2D eigenvalue weighted by Crippen LogP contribution is -2.15. The normalized spacial score (nSPS) is 10.9. The molecule has 4 nitrogen and oxygen atoms in total. The molecule has 0 aliphatic heterocycles. The monoisotopic (exact) mass is 278 g/mol. The Bertz CT molecular complexity index is 801. The third-order valence-corrected chi connectivity index (χ3v) is 3.69. The Morgan fingerprint density at radius 1 is 1.14 bits per heavy atom. The minimum atomic E-state index is 0.105. The first kappa shape index (κ1) is 13.4. The first-order valence-electron chi connectivity index (χ1n) is 7.07. The molecule has 3 aromatic rings. The molecular formula is C17H18N4. The van der Waals surface area contributed by atoms with E-state index in [0.717, 1.165) is 34.4 Å². The van der Waals surface area contributed by atoms with Gasteiger partial charge in [-0.05, 0) is 17.7 Å². The van der Waals surface area contributed by atoms with E-state index in [0.29, 0.717) is 6.54 Å². The van der Waals surface area contributed by atoms with Crippen LogP contribution in [-0.2, 0) is 13.0 Å². The number of hydrogen-bond acceptors (Lipinski definition) is 2. The highest BCUT2D eigenvalue weighted by Crippen LogP contribution is 2.19. The molecule has 21 heavy (non-hydrogen) atoms. The number of aryl methyl sites for hydroxylation is 1. The van der Waals surface area contributed by atoms with Crippen molar-refractivity contribution in [2.75, 3.05) is 0 Å². The molecule has 0 bridgehead atoms. The molecule has 0 fully saturated rings. The summed E-state index contributed by atoms with van der Waals surface area (Å²) >= 11 is 0. The van der Waals surface area contributed by atoms with Gasteiger partial charge in [0.2, 0.25) is 0 Å². The number of rotatable bonds is 4. The van der Waals surface area contributed by atoms with Crippen molar-refractivity contribution in [2.45, 2.75) is 19.9 Å². The van der Waals surface area contributed by atoms with Crippen molar-refractivity contribution in [3.8, 4) is 0 Å². The number of fused-ring (bicyclic) bond motifs is 1. The van der Waals surface area contributed by atoms with Gasteiger partial charge in [-0.25, -0.2) is 4.98 Å². The molecule has 0 radical (unpaired) electrons.